The molecular formula is C27H34O9. The standard InChI is InChI=1S/C27H34O9/c28-16-23-24(32)25(33)26(34)27(36-23)35-22(14-9-18-7-12-20(30)13-8-18)15-21(31)4-2-1-3-17-5-10-19(29)11-6-17/h2,4-8,10-13,22-30,32-34H,1,3,9,14-16H2/b4-2+/t22-,23+,24+,25-,26+,27+/m0/s1. The minimum atomic E-state index is -1.57. The van der Waals surface area contributed by atoms with Gasteiger partial charge < -0.3 is 40.1 Å². The minimum absolute atomic E-state index is 0.0111. The molecule has 0 aliphatic carbocycles. The zero-order chi connectivity index (χ0) is 26.1. The smallest absolute Gasteiger partial charge is 0.186 e. The number of carbonyl (C=O) groups excluding carboxylic acids is 1. The van der Waals surface area contributed by atoms with E-state index in [4.69, 9.17) is 9.47 Å². The van der Waals surface area contributed by atoms with Crippen molar-refractivity contribution in [3.63, 3.8) is 0 Å². The van der Waals surface area contributed by atoms with Crippen LogP contribution in [0, 0.1) is 0 Å². The molecule has 0 spiro atoms. The van der Waals surface area contributed by atoms with E-state index >= 15 is 0 Å². The molecule has 1 aliphatic rings. The van der Waals surface area contributed by atoms with Crippen LogP contribution in [-0.4, -0.2) is 79.8 Å². The van der Waals surface area contributed by atoms with Gasteiger partial charge in [0.1, 0.15) is 35.9 Å². The maximum absolute atomic E-state index is 12.7. The summed E-state index contributed by atoms with van der Waals surface area (Å²) in [5.74, 6) is 0.142. The van der Waals surface area contributed by atoms with Crippen molar-refractivity contribution in [2.24, 2.45) is 0 Å². The van der Waals surface area contributed by atoms with Gasteiger partial charge in [0.15, 0.2) is 12.1 Å². The highest BCUT2D eigenvalue weighted by Gasteiger charge is 2.44. The predicted molar refractivity (Wildman–Crippen MR) is 130 cm³/mol. The molecule has 2 aromatic carbocycles. The highest BCUT2D eigenvalue weighted by atomic mass is 16.7. The van der Waals surface area contributed by atoms with Crippen LogP contribution in [0.4, 0.5) is 0 Å². The van der Waals surface area contributed by atoms with Gasteiger partial charge in [-0.1, -0.05) is 30.3 Å². The average Bonchev–Trinajstić information content (AvgIpc) is 2.87. The summed E-state index contributed by atoms with van der Waals surface area (Å²) < 4.78 is 11.3. The Balaban J connectivity index is 1.61. The third-order valence-electron chi connectivity index (χ3n) is 6.13. The number of carbonyl (C=O) groups is 1. The number of aliphatic hydroxyl groups is 4. The van der Waals surface area contributed by atoms with E-state index in [0.717, 1.165) is 11.1 Å². The summed E-state index contributed by atoms with van der Waals surface area (Å²) in [6.07, 6.45) is -2.31. The maximum atomic E-state index is 12.7. The molecule has 6 atom stereocenters. The van der Waals surface area contributed by atoms with E-state index in [1.165, 1.54) is 6.08 Å². The van der Waals surface area contributed by atoms with Crippen molar-refractivity contribution in [2.45, 2.75) is 68.9 Å². The Morgan fingerprint density at radius 3 is 2.06 bits per heavy atom. The molecule has 0 amide bonds. The summed E-state index contributed by atoms with van der Waals surface area (Å²) in [7, 11) is 0. The molecule has 2 aromatic rings. The van der Waals surface area contributed by atoms with Gasteiger partial charge in [0, 0.05) is 6.42 Å². The molecule has 3 rings (SSSR count). The molecule has 0 bridgehead atoms. The number of ether oxygens (including phenoxy) is 2. The van der Waals surface area contributed by atoms with E-state index in [-0.39, 0.29) is 23.7 Å². The van der Waals surface area contributed by atoms with E-state index in [1.807, 2.05) is 12.1 Å². The predicted octanol–water partition coefficient (Wildman–Crippen LogP) is 1.36. The van der Waals surface area contributed by atoms with Crippen molar-refractivity contribution in [3.8, 4) is 11.5 Å². The fourth-order valence-electron chi connectivity index (χ4n) is 4.00. The average molecular weight is 503 g/mol. The maximum Gasteiger partial charge on any atom is 0.186 e. The largest absolute Gasteiger partial charge is 0.508 e. The normalized spacial score (nSPS) is 25.2. The second kappa shape index (κ2) is 13.5. The molecule has 0 saturated carbocycles. The van der Waals surface area contributed by atoms with Crippen LogP contribution < -0.4 is 0 Å². The third-order valence-corrected chi connectivity index (χ3v) is 6.13. The number of aliphatic hydroxyl groups excluding tert-OH is 4. The third kappa shape index (κ3) is 8.12. The first-order valence-corrected chi connectivity index (χ1v) is 12.0. The fourth-order valence-corrected chi connectivity index (χ4v) is 4.00. The van der Waals surface area contributed by atoms with Gasteiger partial charge in [0.05, 0.1) is 12.7 Å². The van der Waals surface area contributed by atoms with Crippen LogP contribution in [0.3, 0.4) is 0 Å². The number of rotatable bonds is 12. The summed E-state index contributed by atoms with van der Waals surface area (Å²) in [5, 5.41) is 58.7. The SMILES string of the molecule is O=C(/C=C/CCc1ccc(O)cc1)C[C@H](CCc1ccc(O)cc1)O[C@@H]1O[C@H](CO)[C@@H](O)[C@H](O)[C@H]1O. The number of aromatic hydroxyl groups is 2. The van der Waals surface area contributed by atoms with Crippen LogP contribution in [0.25, 0.3) is 0 Å². The summed E-state index contributed by atoms with van der Waals surface area (Å²) in [6.45, 7) is -0.578. The fraction of sp³-hybridized carbons (Fsp3) is 0.444. The number of hydrogen-bond acceptors (Lipinski definition) is 9. The first-order valence-electron chi connectivity index (χ1n) is 12.0. The highest BCUT2D eigenvalue weighted by molar-refractivity contribution is 5.89. The number of benzene rings is 2. The monoisotopic (exact) mass is 502 g/mol. The molecule has 0 aromatic heterocycles. The molecule has 9 nitrogen and oxygen atoms in total. The molecule has 1 fully saturated rings. The van der Waals surface area contributed by atoms with E-state index in [9.17, 15) is 35.4 Å². The second-order valence-electron chi connectivity index (χ2n) is 8.94. The molecule has 1 saturated heterocycles. The topological polar surface area (TPSA) is 157 Å². The molecule has 0 radical (unpaired) electrons. The summed E-state index contributed by atoms with van der Waals surface area (Å²) in [5.41, 5.74) is 1.94. The highest BCUT2D eigenvalue weighted by Crippen LogP contribution is 2.25. The number of hydrogen-bond donors (Lipinski definition) is 6. The molecule has 1 heterocycles. The first-order chi connectivity index (χ1) is 17.3. The zero-order valence-corrected chi connectivity index (χ0v) is 19.9. The number of ketones is 1. The summed E-state index contributed by atoms with van der Waals surface area (Å²) >= 11 is 0. The minimum Gasteiger partial charge on any atom is -0.508 e. The van der Waals surface area contributed by atoms with E-state index in [1.54, 1.807) is 42.5 Å². The van der Waals surface area contributed by atoms with Gasteiger partial charge >= 0.3 is 0 Å². The molecular weight excluding hydrogens is 468 g/mol. The first kappa shape index (κ1) is 27.8. The zero-order valence-electron chi connectivity index (χ0n) is 19.9. The second-order valence-corrected chi connectivity index (χ2v) is 8.94. The number of phenolic OH excluding ortho intramolecular Hbond substituents is 2. The molecule has 9 heteroatoms. The van der Waals surface area contributed by atoms with Crippen LogP contribution in [0.15, 0.2) is 60.7 Å². The van der Waals surface area contributed by atoms with Crippen molar-refractivity contribution in [1.29, 1.82) is 0 Å². The van der Waals surface area contributed by atoms with Crippen LogP contribution in [0.2, 0.25) is 0 Å². The van der Waals surface area contributed by atoms with Gasteiger partial charge in [0.25, 0.3) is 0 Å². The van der Waals surface area contributed by atoms with Gasteiger partial charge in [-0.25, -0.2) is 0 Å². The van der Waals surface area contributed by atoms with Crippen LogP contribution >= 0.6 is 0 Å². The van der Waals surface area contributed by atoms with Crippen molar-refractivity contribution in [1.82, 2.24) is 0 Å². The molecule has 36 heavy (non-hydrogen) atoms. The van der Waals surface area contributed by atoms with Gasteiger partial charge in [-0.3, -0.25) is 4.79 Å². The lowest BCUT2D eigenvalue weighted by Crippen LogP contribution is -2.59. The lowest BCUT2D eigenvalue weighted by atomic mass is 9.98. The van der Waals surface area contributed by atoms with Gasteiger partial charge in [-0.15, -0.1) is 0 Å². The van der Waals surface area contributed by atoms with Crippen LogP contribution in [0.1, 0.15) is 30.4 Å². The Morgan fingerprint density at radius 2 is 1.47 bits per heavy atom. The Labute approximate surface area is 209 Å². The van der Waals surface area contributed by atoms with E-state index in [2.05, 4.69) is 0 Å². The van der Waals surface area contributed by atoms with Crippen molar-refractivity contribution < 1.29 is 44.9 Å². The molecule has 0 unspecified atom stereocenters. The molecule has 1 aliphatic heterocycles. The quantitative estimate of drug-likeness (QED) is 0.236. The van der Waals surface area contributed by atoms with Gasteiger partial charge in [-0.05, 0) is 67.2 Å². The number of aryl methyl sites for hydroxylation is 2. The molecule has 6 N–H and O–H groups in total. The summed E-state index contributed by atoms with van der Waals surface area (Å²) in [4.78, 5) is 12.7. The van der Waals surface area contributed by atoms with Gasteiger partial charge in [-0.2, -0.15) is 0 Å². The number of phenols is 2. The van der Waals surface area contributed by atoms with Crippen molar-refractivity contribution in [3.05, 3.63) is 71.8 Å². The van der Waals surface area contributed by atoms with Crippen molar-refractivity contribution >= 4 is 5.78 Å². The Morgan fingerprint density at radius 1 is 0.889 bits per heavy atom. The summed E-state index contributed by atoms with van der Waals surface area (Å²) in [6, 6.07) is 13.5. The van der Waals surface area contributed by atoms with Gasteiger partial charge in [0.2, 0.25) is 0 Å². The van der Waals surface area contributed by atoms with Crippen LogP contribution in [0.5, 0.6) is 11.5 Å². The Kier molecular flexibility index (Phi) is 10.4. The van der Waals surface area contributed by atoms with E-state index < -0.39 is 43.4 Å². The van der Waals surface area contributed by atoms with Crippen molar-refractivity contribution in [2.75, 3.05) is 6.61 Å². The van der Waals surface area contributed by atoms with E-state index in [0.29, 0.717) is 25.7 Å². The Bertz CT molecular complexity index is 972. The lowest BCUT2D eigenvalue weighted by Gasteiger charge is -2.40. The lowest BCUT2D eigenvalue weighted by molar-refractivity contribution is -0.311. The Hall–Kier alpha value is -2.79. The van der Waals surface area contributed by atoms with Crippen LogP contribution in [-0.2, 0) is 27.1 Å². The molecule has 196 valence electrons. The number of allylic oxidation sites excluding steroid dienone is 2.